The third kappa shape index (κ3) is 5.17. The van der Waals surface area contributed by atoms with Gasteiger partial charge in [0.05, 0.1) is 11.8 Å². The van der Waals surface area contributed by atoms with Crippen LogP contribution in [0.3, 0.4) is 0 Å². The first-order valence-corrected chi connectivity index (χ1v) is 14.7. The number of amidine groups is 1. The predicted octanol–water partition coefficient (Wildman–Crippen LogP) is 3.08. The lowest BCUT2D eigenvalue weighted by molar-refractivity contribution is -0.147. The topological polar surface area (TPSA) is 146 Å². The molecule has 1 aliphatic heterocycles. The van der Waals surface area contributed by atoms with E-state index in [-0.39, 0.29) is 41.7 Å². The van der Waals surface area contributed by atoms with E-state index in [0.717, 1.165) is 51.0 Å². The molecule has 7 N–H and O–H groups in total. The number of amides is 1. The van der Waals surface area contributed by atoms with Crippen LogP contribution in [0.15, 0.2) is 0 Å². The number of fused-ring (bicyclic) bond motifs is 2. The van der Waals surface area contributed by atoms with Gasteiger partial charge in [0.25, 0.3) is 0 Å². The van der Waals surface area contributed by atoms with Crippen molar-refractivity contribution < 1.29 is 14.7 Å². The fraction of sp³-hybridized carbons (Fsp3) is 0.893. The first-order valence-electron chi connectivity index (χ1n) is 14.7. The zero-order chi connectivity index (χ0) is 25.4. The van der Waals surface area contributed by atoms with Crippen LogP contribution in [0.4, 0.5) is 0 Å². The molecule has 0 aromatic rings. The van der Waals surface area contributed by atoms with Crippen LogP contribution in [0.2, 0.25) is 0 Å². The molecular formula is C28H47N5O3. The fourth-order valence-electron chi connectivity index (χ4n) is 8.90. The molecule has 36 heavy (non-hydrogen) atoms. The van der Waals surface area contributed by atoms with Crippen molar-refractivity contribution in [3.05, 3.63) is 0 Å². The van der Waals surface area contributed by atoms with E-state index in [2.05, 4.69) is 10.2 Å². The number of hydrogen-bond acceptors (Lipinski definition) is 5. The molecule has 202 valence electrons. The Hall–Kier alpha value is -1.67. The number of nitrogens with one attached hydrogen (secondary N) is 2. The van der Waals surface area contributed by atoms with E-state index in [4.69, 9.17) is 16.9 Å². The minimum absolute atomic E-state index is 0.00763. The maximum absolute atomic E-state index is 13.9. The summed E-state index contributed by atoms with van der Waals surface area (Å²) in [5.41, 5.74) is 12.0. The second kappa shape index (κ2) is 11.0. The van der Waals surface area contributed by atoms with Crippen molar-refractivity contribution in [2.75, 3.05) is 6.54 Å². The van der Waals surface area contributed by atoms with E-state index >= 15 is 0 Å². The van der Waals surface area contributed by atoms with Crippen molar-refractivity contribution in [3.63, 3.8) is 0 Å². The average molecular weight is 502 g/mol. The number of aliphatic carboxylic acids is 1. The predicted molar refractivity (Wildman–Crippen MR) is 139 cm³/mol. The highest BCUT2D eigenvalue weighted by atomic mass is 16.4. The number of rotatable bonds is 6. The minimum atomic E-state index is -0.848. The molecule has 1 saturated heterocycles. The fourth-order valence-corrected chi connectivity index (χ4v) is 8.90. The van der Waals surface area contributed by atoms with Gasteiger partial charge in [-0.25, -0.2) is 0 Å². The van der Waals surface area contributed by atoms with Crippen molar-refractivity contribution in [2.24, 2.45) is 47.0 Å². The van der Waals surface area contributed by atoms with Crippen LogP contribution < -0.4 is 16.8 Å². The highest BCUT2D eigenvalue weighted by Gasteiger charge is 2.57. The van der Waals surface area contributed by atoms with Gasteiger partial charge >= 0.3 is 5.97 Å². The van der Waals surface area contributed by atoms with Gasteiger partial charge < -0.3 is 21.9 Å². The maximum Gasteiger partial charge on any atom is 0.308 e. The zero-order valence-corrected chi connectivity index (χ0v) is 21.7. The molecule has 0 bridgehead atoms. The maximum atomic E-state index is 13.9. The van der Waals surface area contributed by atoms with Crippen molar-refractivity contribution in [1.29, 1.82) is 5.41 Å². The third-order valence-electron chi connectivity index (χ3n) is 10.7. The third-order valence-corrected chi connectivity index (χ3v) is 10.7. The summed E-state index contributed by atoms with van der Waals surface area (Å²) in [6.45, 7) is 0.810. The summed E-state index contributed by atoms with van der Waals surface area (Å²) in [7, 11) is 0. The summed E-state index contributed by atoms with van der Waals surface area (Å²) in [5, 5.41) is 21.8. The first-order chi connectivity index (χ1) is 17.3. The summed E-state index contributed by atoms with van der Waals surface area (Å²) < 4.78 is 0. The molecule has 8 unspecified atom stereocenters. The summed E-state index contributed by atoms with van der Waals surface area (Å²) in [6, 6.07) is -0.344. The first kappa shape index (κ1) is 26.0. The number of nitrogens with two attached hydrogens (primary N) is 2. The smallest absolute Gasteiger partial charge is 0.308 e. The Kier molecular flexibility index (Phi) is 7.92. The number of likely N-dealkylation sites (tertiary alicyclic amines) is 1. The molecule has 0 radical (unpaired) electrons. The SMILES string of the molecule is N=C(N)C1CCC2C(C(=O)O)C(C(=O)NC3CCC(N)CC3)N(CC3CCCC4CCCCC43)C2C1. The number of carboxylic acids is 1. The highest BCUT2D eigenvalue weighted by molar-refractivity contribution is 5.89. The number of carbonyl (C=O) groups excluding carboxylic acids is 1. The number of nitrogens with zero attached hydrogens (tertiary/aromatic N) is 1. The van der Waals surface area contributed by atoms with Gasteiger partial charge in [-0.2, -0.15) is 0 Å². The van der Waals surface area contributed by atoms with Crippen LogP contribution >= 0.6 is 0 Å². The van der Waals surface area contributed by atoms with Gasteiger partial charge in [-0.05, 0) is 81.5 Å². The van der Waals surface area contributed by atoms with Crippen LogP contribution in [-0.4, -0.2) is 58.4 Å². The normalized spacial score (nSPS) is 43.2. The number of hydrogen-bond donors (Lipinski definition) is 5. The summed E-state index contributed by atoms with van der Waals surface area (Å²) in [4.78, 5) is 28.9. The van der Waals surface area contributed by atoms with Crippen LogP contribution in [0.1, 0.15) is 89.9 Å². The van der Waals surface area contributed by atoms with Gasteiger partial charge in [0.1, 0.15) is 6.04 Å². The molecule has 0 aromatic carbocycles. The Morgan fingerprint density at radius 2 is 1.64 bits per heavy atom. The molecule has 5 aliphatic rings. The molecular weight excluding hydrogens is 454 g/mol. The molecule has 5 rings (SSSR count). The number of carboxylic acid groups (broad SMARTS) is 1. The standard InChI is InChI=1S/C28H47N5O3/c29-19-9-11-20(12-10-19)32-27(34)25-24(28(35)36)22-13-8-17(26(30)31)14-23(22)33(25)15-18-6-3-5-16-4-1-2-7-21(16)18/h16-25H,1-15,29H2,(H3,30,31)(H,32,34)(H,35,36). The van der Waals surface area contributed by atoms with Gasteiger partial charge in [0, 0.05) is 30.6 Å². The highest BCUT2D eigenvalue weighted by Crippen LogP contribution is 2.49. The van der Waals surface area contributed by atoms with E-state index in [1.165, 1.54) is 44.9 Å². The Bertz CT molecular complexity index is 826. The second-order valence-electron chi connectivity index (χ2n) is 12.7. The van der Waals surface area contributed by atoms with E-state index in [0.29, 0.717) is 18.3 Å². The summed E-state index contributed by atoms with van der Waals surface area (Å²) >= 11 is 0. The van der Waals surface area contributed by atoms with E-state index in [1.807, 2.05) is 0 Å². The largest absolute Gasteiger partial charge is 0.481 e. The van der Waals surface area contributed by atoms with Crippen LogP contribution in [0, 0.1) is 40.9 Å². The van der Waals surface area contributed by atoms with Crippen molar-refractivity contribution >= 4 is 17.7 Å². The van der Waals surface area contributed by atoms with Crippen molar-refractivity contribution in [2.45, 2.75) is 114 Å². The molecule has 5 fully saturated rings. The Labute approximate surface area is 215 Å². The number of carbonyl (C=O) groups is 2. The van der Waals surface area contributed by atoms with Crippen molar-refractivity contribution in [1.82, 2.24) is 10.2 Å². The average Bonchev–Trinajstić information content (AvgIpc) is 3.19. The van der Waals surface area contributed by atoms with Crippen LogP contribution in [-0.2, 0) is 9.59 Å². The van der Waals surface area contributed by atoms with Gasteiger partial charge in [-0.15, -0.1) is 0 Å². The second-order valence-corrected chi connectivity index (χ2v) is 12.7. The summed E-state index contributed by atoms with van der Waals surface area (Å²) in [5.74, 6) is 0.505. The van der Waals surface area contributed by atoms with Gasteiger partial charge in [0.2, 0.25) is 5.91 Å². The molecule has 1 amide bonds. The molecule has 4 aliphatic carbocycles. The lowest BCUT2D eigenvalue weighted by Crippen LogP contribution is -2.54. The quantitative estimate of drug-likeness (QED) is 0.279. The molecule has 8 nitrogen and oxygen atoms in total. The monoisotopic (exact) mass is 501 g/mol. The van der Waals surface area contributed by atoms with Crippen molar-refractivity contribution in [3.8, 4) is 0 Å². The molecule has 4 saturated carbocycles. The molecule has 1 heterocycles. The van der Waals surface area contributed by atoms with E-state index < -0.39 is 17.9 Å². The Balaban J connectivity index is 1.41. The van der Waals surface area contributed by atoms with E-state index in [9.17, 15) is 14.7 Å². The van der Waals surface area contributed by atoms with Gasteiger partial charge in [-0.3, -0.25) is 19.9 Å². The molecule has 8 atom stereocenters. The van der Waals surface area contributed by atoms with Crippen LogP contribution in [0.25, 0.3) is 0 Å². The molecule has 0 aromatic heterocycles. The van der Waals surface area contributed by atoms with E-state index in [1.54, 1.807) is 0 Å². The molecule has 8 heteroatoms. The molecule has 0 spiro atoms. The summed E-state index contributed by atoms with van der Waals surface area (Å²) in [6.07, 6.45) is 14.7. The Morgan fingerprint density at radius 1 is 0.917 bits per heavy atom. The van der Waals surface area contributed by atoms with Gasteiger partial charge in [0.15, 0.2) is 0 Å². The van der Waals surface area contributed by atoms with Crippen LogP contribution in [0.5, 0.6) is 0 Å². The lowest BCUT2D eigenvalue weighted by Gasteiger charge is -2.45. The van der Waals surface area contributed by atoms with Gasteiger partial charge in [-0.1, -0.05) is 32.1 Å². The lowest BCUT2D eigenvalue weighted by atomic mass is 9.65. The Morgan fingerprint density at radius 3 is 2.36 bits per heavy atom. The zero-order valence-electron chi connectivity index (χ0n) is 21.7. The minimum Gasteiger partial charge on any atom is -0.481 e.